The van der Waals surface area contributed by atoms with Crippen molar-refractivity contribution in [2.75, 3.05) is 12.3 Å². The normalized spacial score (nSPS) is 11.1. The van der Waals surface area contributed by atoms with Gasteiger partial charge >= 0.3 is 0 Å². The number of thiophene rings is 1. The fraction of sp³-hybridized carbons (Fsp3) is 0.312. The van der Waals surface area contributed by atoms with E-state index < -0.39 is 0 Å². The fourth-order valence-corrected chi connectivity index (χ4v) is 3.86. The van der Waals surface area contributed by atoms with Crippen molar-refractivity contribution in [3.05, 3.63) is 44.5 Å². The molecule has 0 aliphatic rings. The highest BCUT2D eigenvalue weighted by Crippen LogP contribution is 2.17. The number of hydrogen-bond acceptors (Lipinski definition) is 5. The lowest BCUT2D eigenvalue weighted by atomic mass is 10.3. The van der Waals surface area contributed by atoms with Crippen LogP contribution in [0.5, 0.6) is 0 Å². The van der Waals surface area contributed by atoms with Crippen LogP contribution in [0.2, 0.25) is 0 Å². The van der Waals surface area contributed by atoms with Gasteiger partial charge in [0.25, 0.3) is 5.56 Å². The average molecular weight is 362 g/mol. The van der Waals surface area contributed by atoms with Gasteiger partial charge in [-0.25, -0.2) is 4.98 Å². The highest BCUT2D eigenvalue weighted by atomic mass is 32.2. The summed E-state index contributed by atoms with van der Waals surface area (Å²) < 4.78 is 1.47. The zero-order valence-electron chi connectivity index (χ0n) is 13.5. The average Bonchev–Trinajstić information content (AvgIpc) is 3.18. The molecule has 3 aromatic rings. The molecule has 126 valence electrons. The SMILES string of the molecule is Cc1cc2nc(SCC(=O)NCCc3cccs3)n(C)c(=O)c2[nH]1. The number of hydrogen-bond donors (Lipinski definition) is 2. The van der Waals surface area contributed by atoms with Gasteiger partial charge in [0.05, 0.1) is 11.3 Å². The van der Waals surface area contributed by atoms with Crippen LogP contribution in [0.3, 0.4) is 0 Å². The van der Waals surface area contributed by atoms with Crippen LogP contribution < -0.4 is 10.9 Å². The summed E-state index contributed by atoms with van der Waals surface area (Å²) in [6, 6.07) is 5.89. The highest BCUT2D eigenvalue weighted by molar-refractivity contribution is 7.99. The van der Waals surface area contributed by atoms with Gasteiger partial charge in [0.15, 0.2) is 5.16 Å². The van der Waals surface area contributed by atoms with E-state index in [1.54, 1.807) is 18.4 Å². The molecular formula is C16H18N4O2S2. The van der Waals surface area contributed by atoms with Crippen LogP contribution in [-0.4, -0.2) is 32.7 Å². The molecular weight excluding hydrogens is 344 g/mol. The lowest BCUT2D eigenvalue weighted by molar-refractivity contribution is -0.118. The molecule has 0 radical (unpaired) electrons. The molecule has 2 N–H and O–H groups in total. The van der Waals surface area contributed by atoms with E-state index in [-0.39, 0.29) is 17.2 Å². The van der Waals surface area contributed by atoms with Crippen molar-refractivity contribution in [2.24, 2.45) is 7.05 Å². The Bertz CT molecular complexity index is 912. The zero-order chi connectivity index (χ0) is 17.1. The third kappa shape index (κ3) is 3.70. The first-order valence-electron chi connectivity index (χ1n) is 7.53. The molecule has 0 fully saturated rings. The summed E-state index contributed by atoms with van der Waals surface area (Å²) in [6.45, 7) is 2.50. The van der Waals surface area contributed by atoms with E-state index in [0.717, 1.165) is 12.1 Å². The first-order valence-corrected chi connectivity index (χ1v) is 9.39. The molecule has 0 spiro atoms. The van der Waals surface area contributed by atoms with E-state index in [4.69, 9.17) is 0 Å². The Kier molecular flexibility index (Phi) is 5.06. The summed E-state index contributed by atoms with van der Waals surface area (Å²) in [5.41, 5.74) is 1.90. The minimum atomic E-state index is -0.131. The first-order chi connectivity index (χ1) is 11.5. The number of carbonyl (C=O) groups excluding carboxylic acids is 1. The second kappa shape index (κ2) is 7.23. The van der Waals surface area contributed by atoms with Crippen LogP contribution in [0.25, 0.3) is 11.0 Å². The van der Waals surface area contributed by atoms with Gasteiger partial charge in [0.2, 0.25) is 5.91 Å². The van der Waals surface area contributed by atoms with Crippen LogP contribution >= 0.6 is 23.1 Å². The predicted octanol–water partition coefficient (Wildman–Crippen LogP) is 2.08. The maximum Gasteiger partial charge on any atom is 0.278 e. The smallest absolute Gasteiger partial charge is 0.278 e. The minimum absolute atomic E-state index is 0.0591. The number of amides is 1. The molecule has 1 amide bonds. The largest absolute Gasteiger partial charge is 0.355 e. The number of aryl methyl sites for hydroxylation is 1. The Morgan fingerprint density at radius 2 is 2.33 bits per heavy atom. The third-order valence-corrected chi connectivity index (χ3v) is 5.53. The maximum atomic E-state index is 12.3. The fourth-order valence-electron chi connectivity index (χ4n) is 2.35. The Hall–Kier alpha value is -2.06. The summed E-state index contributed by atoms with van der Waals surface area (Å²) in [5, 5.41) is 5.46. The molecule has 3 aromatic heterocycles. The Morgan fingerprint density at radius 1 is 1.50 bits per heavy atom. The second-order valence-corrected chi connectivity index (χ2v) is 7.41. The molecule has 0 aliphatic heterocycles. The number of nitrogens with zero attached hydrogens (tertiary/aromatic N) is 2. The molecule has 0 bridgehead atoms. The van der Waals surface area contributed by atoms with E-state index in [0.29, 0.717) is 22.7 Å². The molecule has 0 aromatic carbocycles. The summed E-state index contributed by atoms with van der Waals surface area (Å²) in [4.78, 5) is 33.0. The molecule has 0 unspecified atom stereocenters. The highest BCUT2D eigenvalue weighted by Gasteiger charge is 2.12. The molecule has 6 nitrogen and oxygen atoms in total. The van der Waals surface area contributed by atoms with Crippen LogP contribution in [0.4, 0.5) is 0 Å². The van der Waals surface area contributed by atoms with Crippen LogP contribution in [0, 0.1) is 6.92 Å². The van der Waals surface area contributed by atoms with Crippen molar-refractivity contribution in [1.82, 2.24) is 19.9 Å². The van der Waals surface area contributed by atoms with E-state index in [1.165, 1.54) is 21.2 Å². The van der Waals surface area contributed by atoms with Gasteiger partial charge < -0.3 is 10.3 Å². The Morgan fingerprint density at radius 3 is 3.08 bits per heavy atom. The standard InChI is InChI=1S/C16H18N4O2S2/c1-10-8-12-14(18-10)15(22)20(2)16(19-12)24-9-13(21)17-6-5-11-4-3-7-23-11/h3-4,7-8,18H,5-6,9H2,1-2H3,(H,17,21). The summed E-state index contributed by atoms with van der Waals surface area (Å²) >= 11 is 2.95. The van der Waals surface area contributed by atoms with Gasteiger partial charge in [-0.3, -0.25) is 14.2 Å². The second-order valence-electron chi connectivity index (χ2n) is 5.44. The number of aromatic amines is 1. The van der Waals surface area contributed by atoms with E-state index >= 15 is 0 Å². The van der Waals surface area contributed by atoms with Gasteiger partial charge in [0, 0.05) is 24.2 Å². The van der Waals surface area contributed by atoms with Gasteiger partial charge in [-0.05, 0) is 30.9 Å². The first kappa shape index (κ1) is 16.8. The van der Waals surface area contributed by atoms with E-state index in [1.807, 2.05) is 24.4 Å². The maximum absolute atomic E-state index is 12.3. The lowest BCUT2D eigenvalue weighted by Crippen LogP contribution is -2.28. The van der Waals surface area contributed by atoms with Crippen LogP contribution in [0.1, 0.15) is 10.6 Å². The van der Waals surface area contributed by atoms with Crippen molar-refractivity contribution in [2.45, 2.75) is 18.5 Å². The quantitative estimate of drug-likeness (QED) is 0.520. The molecule has 0 saturated heterocycles. The summed E-state index contributed by atoms with van der Waals surface area (Å²) in [6.07, 6.45) is 0.833. The van der Waals surface area contributed by atoms with Crippen LogP contribution in [0.15, 0.2) is 33.5 Å². The predicted molar refractivity (Wildman–Crippen MR) is 97.8 cm³/mol. The number of rotatable bonds is 6. The Balaban J connectivity index is 1.59. The van der Waals surface area contributed by atoms with Gasteiger partial charge in [-0.1, -0.05) is 17.8 Å². The van der Waals surface area contributed by atoms with E-state index in [2.05, 4.69) is 21.4 Å². The molecule has 3 heterocycles. The lowest BCUT2D eigenvalue weighted by Gasteiger charge is -2.07. The van der Waals surface area contributed by atoms with Crippen LogP contribution in [-0.2, 0) is 18.3 Å². The number of aromatic nitrogens is 3. The number of fused-ring (bicyclic) bond motifs is 1. The van der Waals surface area contributed by atoms with Crippen molar-refractivity contribution in [3.8, 4) is 0 Å². The molecule has 8 heteroatoms. The monoisotopic (exact) mass is 362 g/mol. The molecule has 0 atom stereocenters. The third-order valence-electron chi connectivity index (χ3n) is 3.56. The van der Waals surface area contributed by atoms with Gasteiger partial charge in [-0.15, -0.1) is 11.3 Å². The van der Waals surface area contributed by atoms with Gasteiger partial charge in [0.1, 0.15) is 5.52 Å². The van der Waals surface area contributed by atoms with Gasteiger partial charge in [-0.2, -0.15) is 0 Å². The minimum Gasteiger partial charge on any atom is -0.355 e. The number of thioether (sulfide) groups is 1. The summed E-state index contributed by atoms with van der Waals surface area (Å²) in [5.74, 6) is 0.177. The zero-order valence-corrected chi connectivity index (χ0v) is 15.1. The molecule has 3 rings (SSSR count). The molecule has 0 aliphatic carbocycles. The number of nitrogens with one attached hydrogen (secondary N) is 2. The van der Waals surface area contributed by atoms with Crippen molar-refractivity contribution in [1.29, 1.82) is 0 Å². The summed E-state index contributed by atoms with van der Waals surface area (Å²) in [7, 11) is 1.67. The molecule has 24 heavy (non-hydrogen) atoms. The molecule has 0 saturated carbocycles. The number of H-pyrrole nitrogens is 1. The topological polar surface area (TPSA) is 79.8 Å². The Labute approximate surface area is 147 Å². The van der Waals surface area contributed by atoms with E-state index in [9.17, 15) is 9.59 Å². The van der Waals surface area contributed by atoms with Crippen molar-refractivity contribution < 1.29 is 4.79 Å². The van der Waals surface area contributed by atoms with Crippen molar-refractivity contribution in [3.63, 3.8) is 0 Å². The van der Waals surface area contributed by atoms with Crippen molar-refractivity contribution >= 4 is 40.0 Å². The number of carbonyl (C=O) groups is 1.